The van der Waals surface area contributed by atoms with Crippen LogP contribution in [0.25, 0.3) is 0 Å². The summed E-state index contributed by atoms with van der Waals surface area (Å²) in [7, 11) is 0. The second-order valence-electron chi connectivity index (χ2n) is 4.19. The van der Waals surface area contributed by atoms with Crippen LogP contribution in [0.3, 0.4) is 0 Å². The quantitative estimate of drug-likeness (QED) is 0.849. The Labute approximate surface area is 105 Å². The standard InChI is InChI=1S/C12H17NO3S/c1-4-7(2)5-9(14)13-10-6-8(3)11(17-10)12(15)16/h6-7H,4-5H2,1-3H3,(H,13,14)(H,15,16). The van der Waals surface area contributed by atoms with Crippen molar-refractivity contribution in [2.75, 3.05) is 5.32 Å². The third-order valence-corrected chi connectivity index (χ3v) is 3.75. The van der Waals surface area contributed by atoms with Crippen molar-refractivity contribution in [3.8, 4) is 0 Å². The van der Waals surface area contributed by atoms with Gasteiger partial charge in [-0.15, -0.1) is 11.3 Å². The summed E-state index contributed by atoms with van der Waals surface area (Å²) in [5.74, 6) is -0.664. The molecule has 0 aromatic carbocycles. The van der Waals surface area contributed by atoms with E-state index < -0.39 is 5.97 Å². The lowest BCUT2D eigenvalue weighted by Gasteiger charge is -2.07. The van der Waals surface area contributed by atoms with E-state index in [-0.39, 0.29) is 10.8 Å². The van der Waals surface area contributed by atoms with Crippen LogP contribution in [-0.2, 0) is 4.79 Å². The molecule has 1 rings (SSSR count). The van der Waals surface area contributed by atoms with Crippen LogP contribution in [0, 0.1) is 12.8 Å². The maximum Gasteiger partial charge on any atom is 0.346 e. The first-order valence-corrected chi connectivity index (χ1v) is 6.39. The van der Waals surface area contributed by atoms with E-state index in [4.69, 9.17) is 5.11 Å². The summed E-state index contributed by atoms with van der Waals surface area (Å²) < 4.78 is 0. The number of carboxylic acid groups (broad SMARTS) is 1. The molecule has 0 saturated heterocycles. The van der Waals surface area contributed by atoms with Crippen LogP contribution in [0.4, 0.5) is 5.00 Å². The highest BCUT2D eigenvalue weighted by Crippen LogP contribution is 2.26. The first kappa shape index (κ1) is 13.7. The van der Waals surface area contributed by atoms with Gasteiger partial charge >= 0.3 is 5.97 Å². The lowest BCUT2D eigenvalue weighted by atomic mass is 10.1. The predicted molar refractivity (Wildman–Crippen MR) is 68.7 cm³/mol. The van der Waals surface area contributed by atoms with Gasteiger partial charge in [0.25, 0.3) is 0 Å². The van der Waals surface area contributed by atoms with Gasteiger partial charge in [0.2, 0.25) is 5.91 Å². The molecule has 94 valence electrons. The molecule has 0 aliphatic heterocycles. The minimum Gasteiger partial charge on any atom is -0.477 e. The van der Waals surface area contributed by atoms with Crippen LogP contribution in [-0.4, -0.2) is 17.0 Å². The van der Waals surface area contributed by atoms with Crippen molar-refractivity contribution in [2.45, 2.75) is 33.6 Å². The second-order valence-corrected chi connectivity index (χ2v) is 5.25. The van der Waals surface area contributed by atoms with Crippen LogP contribution in [0.5, 0.6) is 0 Å². The van der Waals surface area contributed by atoms with Crippen LogP contribution in [0.15, 0.2) is 6.07 Å². The number of hydrogen-bond acceptors (Lipinski definition) is 3. The number of amides is 1. The maximum absolute atomic E-state index is 11.6. The average Bonchev–Trinajstić information content (AvgIpc) is 2.59. The molecule has 5 heteroatoms. The van der Waals surface area contributed by atoms with Gasteiger partial charge in [0.05, 0.1) is 5.00 Å². The lowest BCUT2D eigenvalue weighted by Crippen LogP contribution is -2.13. The van der Waals surface area contributed by atoms with Gasteiger partial charge in [0, 0.05) is 6.42 Å². The monoisotopic (exact) mass is 255 g/mol. The largest absolute Gasteiger partial charge is 0.477 e. The van der Waals surface area contributed by atoms with Crippen molar-refractivity contribution in [1.82, 2.24) is 0 Å². The third kappa shape index (κ3) is 3.85. The van der Waals surface area contributed by atoms with E-state index >= 15 is 0 Å². The van der Waals surface area contributed by atoms with Crippen molar-refractivity contribution in [3.05, 3.63) is 16.5 Å². The van der Waals surface area contributed by atoms with Gasteiger partial charge in [-0.25, -0.2) is 4.79 Å². The molecule has 4 nitrogen and oxygen atoms in total. The van der Waals surface area contributed by atoms with Crippen LogP contribution < -0.4 is 5.32 Å². The normalized spacial score (nSPS) is 12.2. The molecule has 0 aliphatic carbocycles. The third-order valence-electron chi connectivity index (χ3n) is 2.61. The van der Waals surface area contributed by atoms with E-state index in [0.29, 0.717) is 22.9 Å². The molecular formula is C12H17NO3S. The van der Waals surface area contributed by atoms with Crippen LogP contribution >= 0.6 is 11.3 Å². The van der Waals surface area contributed by atoms with Crippen molar-refractivity contribution in [2.24, 2.45) is 5.92 Å². The number of carbonyl (C=O) groups is 2. The number of anilines is 1. The first-order chi connectivity index (χ1) is 7.93. The molecule has 0 bridgehead atoms. The topological polar surface area (TPSA) is 66.4 Å². The lowest BCUT2D eigenvalue weighted by molar-refractivity contribution is -0.116. The van der Waals surface area contributed by atoms with Gasteiger partial charge in [-0.1, -0.05) is 20.3 Å². The molecule has 0 spiro atoms. The Morgan fingerprint density at radius 1 is 1.53 bits per heavy atom. The Hall–Kier alpha value is -1.36. The van der Waals surface area contributed by atoms with Crippen molar-refractivity contribution in [1.29, 1.82) is 0 Å². The number of carbonyl (C=O) groups excluding carboxylic acids is 1. The SMILES string of the molecule is CCC(C)CC(=O)Nc1cc(C)c(C(=O)O)s1. The number of nitrogens with one attached hydrogen (secondary N) is 1. The fourth-order valence-corrected chi connectivity index (χ4v) is 2.33. The molecule has 1 heterocycles. The minimum atomic E-state index is -0.949. The van der Waals surface area contributed by atoms with E-state index in [2.05, 4.69) is 5.32 Å². The Morgan fingerprint density at radius 2 is 2.18 bits per heavy atom. The van der Waals surface area contributed by atoms with E-state index in [9.17, 15) is 9.59 Å². The number of hydrogen-bond donors (Lipinski definition) is 2. The summed E-state index contributed by atoms with van der Waals surface area (Å²) in [5, 5.41) is 12.2. The Kier molecular flexibility index (Phi) is 4.69. The first-order valence-electron chi connectivity index (χ1n) is 5.57. The highest BCUT2D eigenvalue weighted by atomic mass is 32.1. The molecular weight excluding hydrogens is 238 g/mol. The number of thiophene rings is 1. The highest BCUT2D eigenvalue weighted by molar-refractivity contribution is 7.18. The van der Waals surface area contributed by atoms with Crippen molar-refractivity contribution >= 4 is 28.2 Å². The Bertz CT molecular complexity index is 425. The van der Waals surface area contributed by atoms with Crippen molar-refractivity contribution < 1.29 is 14.7 Å². The molecule has 0 fully saturated rings. The fourth-order valence-electron chi connectivity index (χ4n) is 1.41. The van der Waals surface area contributed by atoms with Crippen LogP contribution in [0.2, 0.25) is 0 Å². The van der Waals surface area contributed by atoms with Gasteiger partial charge in [-0.05, 0) is 24.5 Å². The molecule has 17 heavy (non-hydrogen) atoms. The summed E-state index contributed by atoms with van der Waals surface area (Å²) in [5.41, 5.74) is 0.682. The molecule has 0 saturated carbocycles. The van der Waals surface area contributed by atoms with Gasteiger partial charge in [0.15, 0.2) is 0 Å². The van der Waals surface area contributed by atoms with Gasteiger partial charge < -0.3 is 10.4 Å². The van der Waals surface area contributed by atoms with E-state index in [1.165, 1.54) is 0 Å². The summed E-state index contributed by atoms with van der Waals surface area (Å²) in [6, 6.07) is 1.70. The number of carboxylic acids is 1. The summed E-state index contributed by atoms with van der Waals surface area (Å²) in [6.45, 7) is 5.78. The summed E-state index contributed by atoms with van der Waals surface area (Å²) in [4.78, 5) is 22.7. The molecule has 0 aliphatic rings. The zero-order chi connectivity index (χ0) is 13.0. The fraction of sp³-hybridized carbons (Fsp3) is 0.500. The number of aryl methyl sites for hydroxylation is 1. The molecule has 2 N–H and O–H groups in total. The van der Waals surface area contributed by atoms with Gasteiger partial charge in [0.1, 0.15) is 4.88 Å². The smallest absolute Gasteiger partial charge is 0.346 e. The summed E-state index contributed by atoms with van der Waals surface area (Å²) >= 11 is 1.10. The van der Waals surface area contributed by atoms with E-state index in [0.717, 1.165) is 17.8 Å². The molecule has 1 aromatic rings. The van der Waals surface area contributed by atoms with Gasteiger partial charge in [-0.3, -0.25) is 4.79 Å². The molecule has 1 amide bonds. The number of aromatic carboxylic acids is 1. The zero-order valence-electron chi connectivity index (χ0n) is 10.2. The molecule has 1 unspecified atom stereocenters. The average molecular weight is 255 g/mol. The van der Waals surface area contributed by atoms with Crippen molar-refractivity contribution in [3.63, 3.8) is 0 Å². The molecule has 0 radical (unpaired) electrons. The van der Waals surface area contributed by atoms with Crippen LogP contribution in [0.1, 0.15) is 41.9 Å². The predicted octanol–water partition coefficient (Wildman–Crippen LogP) is 3.13. The van der Waals surface area contributed by atoms with E-state index in [1.54, 1.807) is 13.0 Å². The molecule has 1 atom stereocenters. The Morgan fingerprint density at radius 3 is 2.65 bits per heavy atom. The number of rotatable bonds is 5. The summed E-state index contributed by atoms with van der Waals surface area (Å²) in [6.07, 6.45) is 1.42. The Balaban J connectivity index is 2.66. The maximum atomic E-state index is 11.6. The highest BCUT2D eigenvalue weighted by Gasteiger charge is 2.14. The zero-order valence-corrected chi connectivity index (χ0v) is 11.1. The van der Waals surface area contributed by atoms with E-state index in [1.807, 2.05) is 13.8 Å². The van der Waals surface area contributed by atoms with Gasteiger partial charge in [-0.2, -0.15) is 0 Å². The minimum absolute atomic E-state index is 0.0578. The second kappa shape index (κ2) is 5.82. The molecule has 1 aromatic heterocycles.